The van der Waals surface area contributed by atoms with Crippen molar-refractivity contribution >= 4 is 17.4 Å². The van der Waals surface area contributed by atoms with E-state index in [9.17, 15) is 14.9 Å². The molecule has 0 aromatic heterocycles. The number of benzene rings is 1. The number of ketones is 1. The molecule has 0 bridgehead atoms. The molecule has 0 unspecified atom stereocenters. The molecule has 7 heteroatoms. The molecule has 3 fully saturated rings. The van der Waals surface area contributed by atoms with Gasteiger partial charge in [-0.2, -0.15) is 5.26 Å². The number of nitrogens with zero attached hydrogens (tertiary/aromatic N) is 3. The summed E-state index contributed by atoms with van der Waals surface area (Å²) in [7, 11) is 0. The molecule has 1 saturated heterocycles. The van der Waals surface area contributed by atoms with Crippen molar-refractivity contribution in [2.45, 2.75) is 70.9 Å². The van der Waals surface area contributed by atoms with Gasteiger partial charge in [0.15, 0.2) is 5.78 Å². The average molecular weight is 467 g/mol. The van der Waals surface area contributed by atoms with E-state index in [2.05, 4.69) is 47.2 Å². The topological polar surface area (TPSA) is 85.7 Å². The van der Waals surface area contributed by atoms with Crippen LogP contribution < -0.4 is 15.0 Å². The number of anilines is 1. The summed E-state index contributed by atoms with van der Waals surface area (Å²) in [5.74, 6) is 0.481. The van der Waals surface area contributed by atoms with Crippen LogP contribution in [0.4, 0.5) is 5.69 Å². The molecule has 3 atom stereocenters. The van der Waals surface area contributed by atoms with Crippen LogP contribution in [0.5, 0.6) is 5.75 Å². The van der Waals surface area contributed by atoms with Crippen molar-refractivity contribution in [1.82, 2.24) is 10.2 Å². The van der Waals surface area contributed by atoms with Gasteiger partial charge in [-0.1, -0.05) is 12.8 Å². The van der Waals surface area contributed by atoms with Gasteiger partial charge in [-0.25, -0.2) is 0 Å². The van der Waals surface area contributed by atoms with Crippen LogP contribution in [-0.4, -0.2) is 61.0 Å². The number of nitrogens with one attached hydrogen (secondary N) is 1. The van der Waals surface area contributed by atoms with Gasteiger partial charge in [0.1, 0.15) is 11.3 Å². The Morgan fingerprint density at radius 1 is 1.21 bits per heavy atom. The van der Waals surface area contributed by atoms with Crippen LogP contribution >= 0.6 is 0 Å². The summed E-state index contributed by atoms with van der Waals surface area (Å²) < 4.78 is 5.67. The van der Waals surface area contributed by atoms with Crippen LogP contribution in [0.1, 0.15) is 57.9 Å². The molecule has 3 aliphatic rings. The standard InChI is InChI=1S/C27H38N4O3/c1-4-34-25-10-9-21(15-19(25)2)31-14-13-30(20(3)16-31)17-24(32)22-7-5-6-8-23(22)26(33)29-27(18-28)11-12-27/h9-10,15,20,22-23H,4-8,11-14,16-17H2,1-3H3,(H,29,33)/t20-,22-,23-/m1/s1. The predicted molar refractivity (Wildman–Crippen MR) is 132 cm³/mol. The number of rotatable bonds is 8. The van der Waals surface area contributed by atoms with Gasteiger partial charge in [-0.05, 0) is 70.2 Å². The highest BCUT2D eigenvalue weighted by Gasteiger charge is 2.47. The Morgan fingerprint density at radius 3 is 2.56 bits per heavy atom. The first-order chi connectivity index (χ1) is 16.4. The lowest BCUT2D eigenvalue weighted by Crippen LogP contribution is -2.54. The predicted octanol–water partition coefficient (Wildman–Crippen LogP) is 3.45. The maximum absolute atomic E-state index is 13.4. The van der Waals surface area contributed by atoms with E-state index in [1.807, 2.05) is 13.0 Å². The molecule has 1 aliphatic heterocycles. The molecule has 1 aromatic carbocycles. The van der Waals surface area contributed by atoms with Gasteiger partial charge in [0.25, 0.3) is 0 Å². The summed E-state index contributed by atoms with van der Waals surface area (Å²) in [5, 5.41) is 12.3. The van der Waals surface area contributed by atoms with Gasteiger partial charge in [0.05, 0.1) is 19.2 Å². The smallest absolute Gasteiger partial charge is 0.225 e. The highest BCUT2D eigenvalue weighted by Crippen LogP contribution is 2.37. The van der Waals surface area contributed by atoms with E-state index in [-0.39, 0.29) is 29.6 Å². The first kappa shape index (κ1) is 24.5. The van der Waals surface area contributed by atoms with Gasteiger partial charge >= 0.3 is 0 Å². The second kappa shape index (κ2) is 10.4. The number of carbonyl (C=O) groups excluding carboxylic acids is 2. The van der Waals surface area contributed by atoms with Crippen molar-refractivity contribution in [3.05, 3.63) is 23.8 Å². The maximum atomic E-state index is 13.4. The summed E-state index contributed by atoms with van der Waals surface area (Å²) in [6, 6.07) is 8.81. The number of hydrogen-bond donors (Lipinski definition) is 1. The zero-order valence-corrected chi connectivity index (χ0v) is 20.8. The highest BCUT2D eigenvalue weighted by molar-refractivity contribution is 5.90. The third kappa shape index (κ3) is 5.38. The average Bonchev–Trinajstić information content (AvgIpc) is 3.61. The van der Waals surface area contributed by atoms with Gasteiger partial charge in [0, 0.05) is 43.2 Å². The number of carbonyl (C=O) groups is 2. The zero-order chi connectivity index (χ0) is 24.3. The van der Waals surface area contributed by atoms with Crippen LogP contribution in [0.2, 0.25) is 0 Å². The minimum Gasteiger partial charge on any atom is -0.494 e. The third-order valence-corrected chi connectivity index (χ3v) is 7.79. The number of hydrogen-bond acceptors (Lipinski definition) is 6. The van der Waals surface area contributed by atoms with E-state index in [4.69, 9.17) is 4.74 Å². The number of Topliss-reactive ketones (excluding diaryl/α,β-unsaturated/α-hetero) is 1. The zero-order valence-electron chi connectivity index (χ0n) is 20.8. The summed E-state index contributed by atoms with van der Waals surface area (Å²) >= 11 is 0. The van der Waals surface area contributed by atoms with E-state index < -0.39 is 5.54 Å². The molecule has 1 amide bonds. The molecule has 0 radical (unpaired) electrons. The SMILES string of the molecule is CCOc1ccc(N2CCN(CC(=O)[C@@H]3CCCC[C@H]3C(=O)NC3(C#N)CC3)[C@H](C)C2)cc1C. The summed E-state index contributed by atoms with van der Waals surface area (Å²) in [6.45, 7) is 9.85. The number of aryl methyl sites for hydroxylation is 1. The number of ether oxygens (including phenoxy) is 1. The fourth-order valence-electron chi connectivity index (χ4n) is 5.48. The number of amides is 1. The molecular formula is C27H38N4O3. The van der Waals surface area contributed by atoms with E-state index in [0.29, 0.717) is 13.2 Å². The van der Waals surface area contributed by atoms with Crippen molar-refractivity contribution in [2.24, 2.45) is 11.8 Å². The molecular weight excluding hydrogens is 428 g/mol. The second-order valence-electron chi connectivity index (χ2n) is 10.3. The molecule has 4 rings (SSSR count). The fourth-order valence-corrected chi connectivity index (χ4v) is 5.48. The monoisotopic (exact) mass is 466 g/mol. The minimum atomic E-state index is -0.674. The molecule has 0 spiro atoms. The molecule has 1 aromatic rings. The quantitative estimate of drug-likeness (QED) is 0.632. The van der Waals surface area contributed by atoms with Crippen molar-refractivity contribution in [1.29, 1.82) is 5.26 Å². The minimum absolute atomic E-state index is 0.0964. The van der Waals surface area contributed by atoms with Crippen LogP contribution in [0.25, 0.3) is 0 Å². The van der Waals surface area contributed by atoms with Crippen molar-refractivity contribution < 1.29 is 14.3 Å². The Bertz CT molecular complexity index is 952. The van der Waals surface area contributed by atoms with Gasteiger partial charge in [0.2, 0.25) is 5.91 Å². The molecule has 2 aliphatic carbocycles. The number of nitriles is 1. The van der Waals surface area contributed by atoms with Crippen molar-refractivity contribution in [3.8, 4) is 11.8 Å². The second-order valence-corrected chi connectivity index (χ2v) is 10.3. The lowest BCUT2D eigenvalue weighted by atomic mass is 9.76. The van der Waals surface area contributed by atoms with Crippen molar-refractivity contribution in [3.63, 3.8) is 0 Å². The fraction of sp³-hybridized carbons (Fsp3) is 0.667. The largest absolute Gasteiger partial charge is 0.494 e. The molecule has 34 heavy (non-hydrogen) atoms. The molecule has 2 saturated carbocycles. The van der Waals surface area contributed by atoms with E-state index >= 15 is 0 Å². The maximum Gasteiger partial charge on any atom is 0.225 e. The lowest BCUT2D eigenvalue weighted by molar-refractivity contribution is -0.136. The Kier molecular flexibility index (Phi) is 7.47. The van der Waals surface area contributed by atoms with Crippen molar-refractivity contribution in [2.75, 3.05) is 37.7 Å². The van der Waals surface area contributed by atoms with E-state index in [0.717, 1.165) is 69.5 Å². The van der Waals surface area contributed by atoms with Crippen LogP contribution in [0, 0.1) is 30.1 Å². The Morgan fingerprint density at radius 2 is 1.94 bits per heavy atom. The molecule has 1 N–H and O–H groups in total. The number of piperazine rings is 1. The van der Waals surface area contributed by atoms with Crippen LogP contribution in [0.3, 0.4) is 0 Å². The highest BCUT2D eigenvalue weighted by atomic mass is 16.5. The van der Waals surface area contributed by atoms with Gasteiger partial charge < -0.3 is 15.0 Å². The summed E-state index contributed by atoms with van der Waals surface area (Å²) in [5.41, 5.74) is 1.65. The Balaban J connectivity index is 1.34. The molecule has 184 valence electrons. The third-order valence-electron chi connectivity index (χ3n) is 7.79. The Labute approximate surface area is 203 Å². The van der Waals surface area contributed by atoms with Crippen LogP contribution in [0.15, 0.2) is 18.2 Å². The molecule has 1 heterocycles. The summed E-state index contributed by atoms with van der Waals surface area (Å²) in [6.07, 6.45) is 4.91. The Hall–Kier alpha value is -2.59. The van der Waals surface area contributed by atoms with Gasteiger partial charge in [-0.3, -0.25) is 14.5 Å². The van der Waals surface area contributed by atoms with Crippen LogP contribution in [-0.2, 0) is 9.59 Å². The summed E-state index contributed by atoms with van der Waals surface area (Å²) in [4.78, 5) is 30.9. The van der Waals surface area contributed by atoms with Gasteiger partial charge in [-0.15, -0.1) is 0 Å². The lowest BCUT2D eigenvalue weighted by Gasteiger charge is -2.41. The molecule has 7 nitrogen and oxygen atoms in total. The van der Waals surface area contributed by atoms with E-state index in [1.54, 1.807) is 0 Å². The normalized spacial score (nSPS) is 26.4. The first-order valence-corrected chi connectivity index (χ1v) is 12.8. The van der Waals surface area contributed by atoms with E-state index in [1.165, 1.54) is 5.69 Å². The first-order valence-electron chi connectivity index (χ1n) is 12.8.